The van der Waals surface area contributed by atoms with Gasteiger partial charge in [0.1, 0.15) is 0 Å². The van der Waals surface area contributed by atoms with E-state index in [1.807, 2.05) is 12.1 Å². The third-order valence-corrected chi connectivity index (χ3v) is 5.15. The first-order valence-corrected chi connectivity index (χ1v) is 8.55. The van der Waals surface area contributed by atoms with E-state index >= 15 is 0 Å². The predicted octanol–water partition coefficient (Wildman–Crippen LogP) is 0.823. The van der Waals surface area contributed by atoms with Gasteiger partial charge in [-0.05, 0) is 17.7 Å². The number of β-amino-alcohol motifs (C(OH)–C–C–N with tert-alkyl or cyclic N) is 1. The summed E-state index contributed by atoms with van der Waals surface area (Å²) in [5, 5.41) is 12.6. The third-order valence-electron chi connectivity index (χ3n) is 4.42. The van der Waals surface area contributed by atoms with Crippen molar-refractivity contribution in [2.24, 2.45) is 5.92 Å². The van der Waals surface area contributed by atoms with Gasteiger partial charge in [0.25, 0.3) is 0 Å². The Hall–Kier alpha value is -1.93. The smallest absolute Gasteiger partial charge is 0.227 e. The lowest BCUT2D eigenvalue weighted by molar-refractivity contribution is -0.130. The summed E-state index contributed by atoms with van der Waals surface area (Å²) in [5.74, 6) is -0.402. The number of halogens is 1. The Morgan fingerprint density at radius 1 is 1.46 bits per heavy atom. The maximum Gasteiger partial charge on any atom is 0.227 e. The van der Waals surface area contributed by atoms with Gasteiger partial charge in [-0.1, -0.05) is 15.9 Å². The van der Waals surface area contributed by atoms with Gasteiger partial charge >= 0.3 is 0 Å². The van der Waals surface area contributed by atoms with Crippen LogP contribution in [0.25, 0.3) is 11.0 Å². The van der Waals surface area contributed by atoms with Crippen LogP contribution in [0.1, 0.15) is 12.0 Å². The SMILES string of the molecule is CNC(=O)C[C@@H]1CN(C(=O)Cc2cc3[nH]cnc3cc2Br)C[C@H]1O. The van der Waals surface area contributed by atoms with Gasteiger partial charge in [-0.15, -0.1) is 0 Å². The predicted molar refractivity (Wildman–Crippen MR) is 92.3 cm³/mol. The lowest BCUT2D eigenvalue weighted by Crippen LogP contribution is -2.31. The number of likely N-dealkylation sites (tertiary alicyclic amines) is 1. The van der Waals surface area contributed by atoms with Gasteiger partial charge in [0.05, 0.1) is 29.9 Å². The van der Waals surface area contributed by atoms with E-state index in [1.165, 1.54) is 0 Å². The van der Waals surface area contributed by atoms with Gasteiger partial charge in [0.2, 0.25) is 11.8 Å². The van der Waals surface area contributed by atoms with E-state index < -0.39 is 6.10 Å². The molecule has 1 fully saturated rings. The van der Waals surface area contributed by atoms with E-state index in [9.17, 15) is 14.7 Å². The molecule has 128 valence electrons. The number of carbonyl (C=O) groups is 2. The molecule has 2 aromatic rings. The molecule has 2 atom stereocenters. The Morgan fingerprint density at radius 3 is 3.00 bits per heavy atom. The van der Waals surface area contributed by atoms with Crippen molar-refractivity contribution in [1.82, 2.24) is 20.2 Å². The second-order valence-electron chi connectivity index (χ2n) is 6.04. The molecule has 1 aromatic heterocycles. The van der Waals surface area contributed by atoms with E-state index in [0.29, 0.717) is 6.54 Å². The number of rotatable bonds is 4. The number of hydrogen-bond donors (Lipinski definition) is 3. The Balaban J connectivity index is 1.68. The quantitative estimate of drug-likeness (QED) is 0.714. The monoisotopic (exact) mass is 394 g/mol. The highest BCUT2D eigenvalue weighted by atomic mass is 79.9. The van der Waals surface area contributed by atoms with Gasteiger partial charge in [-0.25, -0.2) is 4.98 Å². The van der Waals surface area contributed by atoms with E-state index in [-0.39, 0.29) is 37.1 Å². The van der Waals surface area contributed by atoms with E-state index in [0.717, 1.165) is 21.1 Å². The standard InChI is InChI=1S/C16H19BrN4O3/c1-18-15(23)3-10-6-21(7-14(10)22)16(24)4-9-2-12-13(5-11(9)17)20-8-19-12/h2,5,8,10,14,22H,3-4,6-7H2,1H3,(H,18,23)(H,19,20)/t10-,14-/m1/s1. The van der Waals surface area contributed by atoms with Crippen LogP contribution < -0.4 is 5.32 Å². The highest BCUT2D eigenvalue weighted by molar-refractivity contribution is 9.10. The molecule has 1 saturated heterocycles. The van der Waals surface area contributed by atoms with Gasteiger partial charge in [0, 0.05) is 36.9 Å². The molecule has 0 radical (unpaired) electrons. The molecule has 0 aliphatic carbocycles. The van der Waals surface area contributed by atoms with Crippen LogP contribution in [-0.2, 0) is 16.0 Å². The second kappa shape index (κ2) is 6.90. The van der Waals surface area contributed by atoms with Crippen molar-refractivity contribution in [2.75, 3.05) is 20.1 Å². The van der Waals surface area contributed by atoms with Crippen LogP contribution in [0.2, 0.25) is 0 Å². The van der Waals surface area contributed by atoms with Crippen molar-refractivity contribution in [1.29, 1.82) is 0 Å². The molecule has 1 aliphatic rings. The van der Waals surface area contributed by atoms with Crippen LogP contribution in [0.15, 0.2) is 22.9 Å². The van der Waals surface area contributed by atoms with Gasteiger partial charge in [0.15, 0.2) is 0 Å². The molecule has 1 aromatic carbocycles. The maximum atomic E-state index is 12.6. The molecule has 24 heavy (non-hydrogen) atoms. The summed E-state index contributed by atoms with van der Waals surface area (Å²) in [6.07, 6.45) is 1.41. The number of aromatic nitrogens is 2. The molecule has 3 rings (SSSR count). The number of aliphatic hydroxyl groups is 1. The number of fused-ring (bicyclic) bond motifs is 1. The molecule has 7 nitrogen and oxygen atoms in total. The minimum atomic E-state index is -0.662. The summed E-state index contributed by atoms with van der Waals surface area (Å²) < 4.78 is 0.831. The lowest BCUT2D eigenvalue weighted by atomic mass is 10.0. The Kier molecular flexibility index (Phi) is 4.86. The van der Waals surface area contributed by atoms with Gasteiger partial charge in [-0.2, -0.15) is 0 Å². The van der Waals surface area contributed by atoms with Crippen LogP contribution >= 0.6 is 15.9 Å². The average molecular weight is 395 g/mol. The molecule has 1 aliphatic heterocycles. The number of aliphatic hydroxyl groups excluding tert-OH is 1. The van der Waals surface area contributed by atoms with E-state index in [2.05, 4.69) is 31.2 Å². The largest absolute Gasteiger partial charge is 0.391 e. The van der Waals surface area contributed by atoms with Crippen molar-refractivity contribution in [2.45, 2.75) is 18.9 Å². The summed E-state index contributed by atoms with van der Waals surface area (Å²) in [4.78, 5) is 32.9. The van der Waals surface area contributed by atoms with Gasteiger partial charge in [-0.3, -0.25) is 9.59 Å². The lowest BCUT2D eigenvalue weighted by Gasteiger charge is -2.16. The first-order valence-electron chi connectivity index (χ1n) is 7.76. The number of benzene rings is 1. The highest BCUT2D eigenvalue weighted by Gasteiger charge is 2.35. The normalized spacial score (nSPS) is 20.5. The first kappa shape index (κ1) is 16.9. The molecule has 0 saturated carbocycles. The summed E-state index contributed by atoms with van der Waals surface area (Å²) in [6.45, 7) is 0.668. The number of nitrogens with one attached hydrogen (secondary N) is 2. The summed E-state index contributed by atoms with van der Waals surface area (Å²) in [5.41, 5.74) is 2.57. The molecule has 3 N–H and O–H groups in total. The zero-order valence-corrected chi connectivity index (χ0v) is 14.8. The molecule has 8 heteroatoms. The zero-order valence-electron chi connectivity index (χ0n) is 13.3. The summed E-state index contributed by atoms with van der Waals surface area (Å²) in [6, 6.07) is 3.78. The van der Waals surface area contributed by atoms with E-state index in [1.54, 1.807) is 18.3 Å². The van der Waals surface area contributed by atoms with Crippen LogP contribution in [0.4, 0.5) is 0 Å². The van der Waals surface area contributed by atoms with Crippen LogP contribution in [0.5, 0.6) is 0 Å². The number of nitrogens with zero attached hydrogens (tertiary/aromatic N) is 2. The summed E-state index contributed by atoms with van der Waals surface area (Å²) in [7, 11) is 1.57. The number of imidazole rings is 1. The first-order chi connectivity index (χ1) is 11.5. The van der Waals surface area contributed by atoms with Gasteiger partial charge < -0.3 is 20.3 Å². The number of aromatic amines is 1. The second-order valence-corrected chi connectivity index (χ2v) is 6.90. The van der Waals surface area contributed by atoms with Crippen molar-refractivity contribution in [3.8, 4) is 0 Å². The maximum absolute atomic E-state index is 12.6. The third kappa shape index (κ3) is 3.44. The molecule has 2 heterocycles. The highest BCUT2D eigenvalue weighted by Crippen LogP contribution is 2.25. The Labute approximate surface area is 147 Å². The molecular formula is C16H19BrN4O3. The Morgan fingerprint density at radius 2 is 2.25 bits per heavy atom. The number of carbonyl (C=O) groups excluding carboxylic acids is 2. The fourth-order valence-corrected chi connectivity index (χ4v) is 3.48. The minimum Gasteiger partial charge on any atom is -0.391 e. The Bertz CT molecular complexity index is 776. The molecule has 0 spiro atoms. The van der Waals surface area contributed by atoms with Crippen molar-refractivity contribution >= 4 is 38.8 Å². The fraction of sp³-hybridized carbons (Fsp3) is 0.438. The van der Waals surface area contributed by atoms with Crippen LogP contribution in [0.3, 0.4) is 0 Å². The molecular weight excluding hydrogens is 376 g/mol. The summed E-state index contributed by atoms with van der Waals surface area (Å²) >= 11 is 3.48. The van der Waals surface area contributed by atoms with Crippen molar-refractivity contribution < 1.29 is 14.7 Å². The van der Waals surface area contributed by atoms with Crippen LogP contribution in [-0.4, -0.2) is 58.0 Å². The molecule has 2 amide bonds. The van der Waals surface area contributed by atoms with E-state index in [4.69, 9.17) is 0 Å². The number of H-pyrrole nitrogens is 1. The number of hydrogen-bond acceptors (Lipinski definition) is 4. The topological polar surface area (TPSA) is 98.3 Å². The van der Waals surface area contributed by atoms with Crippen LogP contribution in [0, 0.1) is 5.92 Å². The fourth-order valence-electron chi connectivity index (χ4n) is 3.01. The average Bonchev–Trinajstić information content (AvgIpc) is 3.14. The zero-order chi connectivity index (χ0) is 17.3. The molecule has 0 unspecified atom stereocenters. The van der Waals surface area contributed by atoms with Crippen molar-refractivity contribution in [3.05, 3.63) is 28.5 Å². The molecule has 0 bridgehead atoms. The minimum absolute atomic E-state index is 0.0620. The number of amides is 2. The van der Waals surface area contributed by atoms with Crippen molar-refractivity contribution in [3.63, 3.8) is 0 Å².